The highest BCUT2D eigenvalue weighted by Gasteiger charge is 2.43. The molecule has 1 unspecified atom stereocenters. The first kappa shape index (κ1) is 16.4. The van der Waals surface area contributed by atoms with Gasteiger partial charge in [-0.05, 0) is 35.9 Å². The molecule has 1 aliphatic heterocycles. The number of fused-ring (bicyclic) bond motifs is 1. The van der Waals surface area contributed by atoms with Crippen LogP contribution in [-0.2, 0) is 14.4 Å². The predicted molar refractivity (Wildman–Crippen MR) is 89.4 cm³/mol. The third kappa shape index (κ3) is 2.87. The van der Waals surface area contributed by atoms with Crippen molar-refractivity contribution >= 4 is 35.1 Å². The van der Waals surface area contributed by atoms with Gasteiger partial charge in [0.2, 0.25) is 5.91 Å². The number of carbonyl (C=O) groups excluding carboxylic acids is 3. The van der Waals surface area contributed by atoms with Gasteiger partial charge in [-0.3, -0.25) is 19.2 Å². The van der Waals surface area contributed by atoms with Gasteiger partial charge in [0.25, 0.3) is 11.8 Å². The molecule has 2 N–H and O–H groups in total. The number of benzene rings is 2. The molecule has 7 nitrogen and oxygen atoms in total. The number of nitrogens with one attached hydrogen (secondary N) is 1. The molecule has 0 radical (unpaired) electrons. The Balaban J connectivity index is 2.05. The largest absolute Gasteiger partial charge is 0.480 e. The molecule has 0 aliphatic carbocycles. The second-order valence-corrected chi connectivity index (χ2v) is 5.57. The number of hydrogen-bond donors (Lipinski definition) is 2. The normalized spacial score (nSPS) is 16.4. The van der Waals surface area contributed by atoms with Crippen LogP contribution in [0.2, 0.25) is 0 Å². The zero-order valence-electron chi connectivity index (χ0n) is 13.2. The molecule has 2 aromatic carbocycles. The van der Waals surface area contributed by atoms with Crippen LogP contribution in [0.3, 0.4) is 0 Å². The van der Waals surface area contributed by atoms with Gasteiger partial charge in [-0.25, -0.2) is 4.90 Å². The van der Waals surface area contributed by atoms with Gasteiger partial charge in [0.05, 0.1) is 5.69 Å². The van der Waals surface area contributed by atoms with Crippen LogP contribution in [0.25, 0.3) is 0 Å². The Kier molecular flexibility index (Phi) is 4.06. The summed E-state index contributed by atoms with van der Waals surface area (Å²) in [5, 5.41) is 12.0. The Bertz CT molecular complexity index is 889. The van der Waals surface area contributed by atoms with Gasteiger partial charge < -0.3 is 10.4 Å². The minimum Gasteiger partial charge on any atom is -0.480 e. The van der Waals surface area contributed by atoms with E-state index < -0.39 is 23.7 Å². The van der Waals surface area contributed by atoms with Crippen LogP contribution in [0.5, 0.6) is 0 Å². The number of carboxylic acid groups (broad SMARTS) is 1. The molecule has 126 valence electrons. The van der Waals surface area contributed by atoms with E-state index in [-0.39, 0.29) is 22.7 Å². The quantitative estimate of drug-likeness (QED) is 0.658. The summed E-state index contributed by atoms with van der Waals surface area (Å²) < 4.78 is 0. The van der Waals surface area contributed by atoms with Crippen LogP contribution >= 0.6 is 0 Å². The van der Waals surface area contributed by atoms with Crippen LogP contribution in [0, 0.1) is 0 Å². The summed E-state index contributed by atoms with van der Waals surface area (Å²) >= 11 is 0. The van der Waals surface area contributed by atoms with Crippen molar-refractivity contribution in [1.82, 2.24) is 0 Å². The van der Waals surface area contributed by atoms with E-state index in [1.807, 2.05) is 0 Å². The monoisotopic (exact) mass is 338 g/mol. The van der Waals surface area contributed by atoms with E-state index in [2.05, 4.69) is 5.32 Å². The van der Waals surface area contributed by atoms with Crippen molar-refractivity contribution in [2.24, 2.45) is 0 Å². The maximum absolute atomic E-state index is 12.7. The lowest BCUT2D eigenvalue weighted by atomic mass is 9.88. The average Bonchev–Trinajstić information content (AvgIpc) is 2.56. The number of nitrogens with zero attached hydrogens (tertiary/aromatic N) is 1. The first-order valence-corrected chi connectivity index (χ1v) is 7.48. The number of aliphatic carboxylic acids is 1. The van der Waals surface area contributed by atoms with Gasteiger partial charge in [-0.2, -0.15) is 0 Å². The molecule has 1 heterocycles. The van der Waals surface area contributed by atoms with Crippen LogP contribution in [0.4, 0.5) is 11.4 Å². The van der Waals surface area contributed by atoms with E-state index in [0.717, 1.165) is 4.90 Å². The van der Waals surface area contributed by atoms with Crippen LogP contribution in [0.15, 0.2) is 48.5 Å². The molecule has 25 heavy (non-hydrogen) atoms. The summed E-state index contributed by atoms with van der Waals surface area (Å²) in [6.45, 7) is 1.36. The number of carboxylic acids is 1. The van der Waals surface area contributed by atoms with Gasteiger partial charge in [0.15, 0.2) is 5.92 Å². The summed E-state index contributed by atoms with van der Waals surface area (Å²) in [4.78, 5) is 48.9. The van der Waals surface area contributed by atoms with E-state index in [0.29, 0.717) is 5.69 Å². The highest BCUT2D eigenvalue weighted by atomic mass is 16.4. The van der Waals surface area contributed by atoms with Gasteiger partial charge in [0.1, 0.15) is 0 Å². The van der Waals surface area contributed by atoms with E-state index in [4.69, 9.17) is 0 Å². The fraction of sp³-hybridized carbons (Fsp3) is 0.111. The lowest BCUT2D eigenvalue weighted by Gasteiger charge is -2.30. The number of amides is 3. The highest BCUT2D eigenvalue weighted by Crippen LogP contribution is 2.33. The van der Waals surface area contributed by atoms with Crippen molar-refractivity contribution in [3.8, 4) is 0 Å². The smallest absolute Gasteiger partial charge is 0.320 e. The van der Waals surface area contributed by atoms with Gasteiger partial charge in [-0.15, -0.1) is 0 Å². The molecule has 1 aliphatic rings. The maximum Gasteiger partial charge on any atom is 0.320 e. The molecule has 3 rings (SSSR count). The number of hydrogen-bond acceptors (Lipinski definition) is 4. The molecule has 0 bridgehead atoms. The van der Waals surface area contributed by atoms with Crippen molar-refractivity contribution in [2.75, 3.05) is 10.2 Å². The van der Waals surface area contributed by atoms with Crippen LogP contribution < -0.4 is 10.2 Å². The molecule has 3 amide bonds. The summed E-state index contributed by atoms with van der Waals surface area (Å²) in [6.07, 6.45) is 0. The Hall–Kier alpha value is -3.48. The Labute approximate surface area is 142 Å². The van der Waals surface area contributed by atoms with E-state index in [1.54, 1.807) is 12.1 Å². The number of carbonyl (C=O) groups is 4. The van der Waals surface area contributed by atoms with Crippen LogP contribution in [-0.4, -0.2) is 28.8 Å². The second kappa shape index (κ2) is 6.20. The lowest BCUT2D eigenvalue weighted by Crippen LogP contribution is -2.47. The van der Waals surface area contributed by atoms with E-state index >= 15 is 0 Å². The molecule has 0 saturated heterocycles. The van der Waals surface area contributed by atoms with Crippen molar-refractivity contribution in [3.63, 3.8) is 0 Å². The molecule has 1 atom stereocenters. The minimum absolute atomic E-state index is 0.181. The third-order valence-corrected chi connectivity index (χ3v) is 3.87. The SMILES string of the molecule is CC(=O)Nc1ccc(N2C(=O)c3ccccc3C(C(=O)O)C2=O)cc1. The Morgan fingerprint density at radius 3 is 2.28 bits per heavy atom. The van der Waals surface area contributed by atoms with Gasteiger partial charge in [0, 0.05) is 18.2 Å². The van der Waals surface area contributed by atoms with E-state index in [1.165, 1.54) is 43.3 Å². The standard InChI is InChI=1S/C18H14N2O5/c1-10(21)19-11-6-8-12(9-7-11)20-16(22)14-5-3-2-4-13(14)15(17(20)23)18(24)25/h2-9,15H,1H3,(H,19,21)(H,24,25). The average molecular weight is 338 g/mol. The summed E-state index contributed by atoms with van der Waals surface area (Å²) in [7, 11) is 0. The van der Waals surface area contributed by atoms with Crippen molar-refractivity contribution in [1.29, 1.82) is 0 Å². The molecule has 0 saturated carbocycles. The Morgan fingerprint density at radius 2 is 1.68 bits per heavy atom. The summed E-state index contributed by atoms with van der Waals surface area (Å²) in [6, 6.07) is 12.2. The van der Waals surface area contributed by atoms with E-state index in [9.17, 15) is 24.3 Å². The third-order valence-electron chi connectivity index (χ3n) is 3.87. The lowest BCUT2D eigenvalue weighted by molar-refractivity contribution is -0.142. The first-order chi connectivity index (χ1) is 11.9. The number of anilines is 2. The zero-order chi connectivity index (χ0) is 18.1. The predicted octanol–water partition coefficient (Wildman–Crippen LogP) is 2.00. The second-order valence-electron chi connectivity index (χ2n) is 5.57. The zero-order valence-corrected chi connectivity index (χ0v) is 13.2. The first-order valence-electron chi connectivity index (χ1n) is 7.48. The fourth-order valence-electron chi connectivity index (χ4n) is 2.81. The van der Waals surface area contributed by atoms with Gasteiger partial charge in [-0.1, -0.05) is 18.2 Å². The Morgan fingerprint density at radius 1 is 1.04 bits per heavy atom. The maximum atomic E-state index is 12.7. The summed E-state index contributed by atoms with van der Waals surface area (Å²) in [5.41, 5.74) is 1.12. The molecule has 0 fully saturated rings. The molecule has 2 aromatic rings. The number of rotatable bonds is 3. The molecule has 7 heteroatoms. The van der Waals surface area contributed by atoms with Crippen molar-refractivity contribution < 1.29 is 24.3 Å². The van der Waals surface area contributed by atoms with Gasteiger partial charge >= 0.3 is 5.97 Å². The molecular weight excluding hydrogens is 324 g/mol. The fourth-order valence-corrected chi connectivity index (χ4v) is 2.81. The highest BCUT2D eigenvalue weighted by molar-refractivity contribution is 6.30. The summed E-state index contributed by atoms with van der Waals surface area (Å²) in [5.74, 6) is -4.40. The van der Waals surface area contributed by atoms with Crippen LogP contribution in [0.1, 0.15) is 28.8 Å². The molecule has 0 aromatic heterocycles. The van der Waals surface area contributed by atoms with Crippen molar-refractivity contribution in [2.45, 2.75) is 12.8 Å². The molecule has 0 spiro atoms. The minimum atomic E-state index is -1.44. The van der Waals surface area contributed by atoms with Crippen molar-refractivity contribution in [3.05, 3.63) is 59.7 Å². The molecular formula is C18H14N2O5. The topological polar surface area (TPSA) is 104 Å². The number of imide groups is 1.